The molecule has 3 aromatic heterocycles. The van der Waals surface area contributed by atoms with E-state index in [1.54, 1.807) is 6.20 Å². The smallest absolute Gasteiger partial charge is 0.139 e. The maximum absolute atomic E-state index is 6.25. The van der Waals surface area contributed by atoms with Crippen LogP contribution in [-0.4, -0.2) is 19.2 Å². The van der Waals surface area contributed by atoms with E-state index < -0.39 is 0 Å². The fourth-order valence-electron chi connectivity index (χ4n) is 2.29. The van der Waals surface area contributed by atoms with Crippen molar-refractivity contribution in [3.8, 4) is 11.4 Å². The number of nitrogen functional groups attached to an aromatic ring is 1. The lowest BCUT2D eigenvalue weighted by Gasteiger charge is -2.04. The Morgan fingerprint density at radius 1 is 1.40 bits per heavy atom. The van der Waals surface area contributed by atoms with Gasteiger partial charge in [-0.1, -0.05) is 6.92 Å². The van der Waals surface area contributed by atoms with Gasteiger partial charge in [-0.15, -0.1) is 0 Å². The van der Waals surface area contributed by atoms with Crippen LogP contribution in [-0.2, 0) is 6.54 Å². The van der Waals surface area contributed by atoms with Crippen molar-refractivity contribution in [2.75, 3.05) is 5.73 Å². The summed E-state index contributed by atoms with van der Waals surface area (Å²) in [6, 6.07) is 3.97. The van der Waals surface area contributed by atoms with E-state index in [9.17, 15) is 0 Å². The first-order valence-corrected chi connectivity index (χ1v) is 7.37. The summed E-state index contributed by atoms with van der Waals surface area (Å²) in [4.78, 5) is 4.66. The number of anilines is 1. The number of fused-ring (bicyclic) bond motifs is 1. The van der Waals surface area contributed by atoms with Crippen molar-refractivity contribution in [1.29, 1.82) is 0 Å². The molecule has 0 radical (unpaired) electrons. The topological polar surface area (TPSA) is 61.1 Å². The Morgan fingerprint density at radius 3 is 2.95 bits per heavy atom. The maximum atomic E-state index is 6.25. The number of halogens is 1. The van der Waals surface area contributed by atoms with Crippen molar-refractivity contribution in [2.24, 2.45) is 0 Å². The van der Waals surface area contributed by atoms with Crippen LogP contribution in [0.25, 0.3) is 17.0 Å². The van der Waals surface area contributed by atoms with Crippen LogP contribution in [0.2, 0.25) is 0 Å². The molecule has 0 aliphatic rings. The van der Waals surface area contributed by atoms with E-state index in [0.29, 0.717) is 5.82 Å². The van der Waals surface area contributed by atoms with Gasteiger partial charge in [0.1, 0.15) is 17.2 Å². The summed E-state index contributed by atoms with van der Waals surface area (Å²) in [5.41, 5.74) is 9.98. The van der Waals surface area contributed by atoms with Crippen molar-refractivity contribution in [1.82, 2.24) is 19.2 Å². The molecule has 0 atom stereocenters. The van der Waals surface area contributed by atoms with E-state index >= 15 is 0 Å². The van der Waals surface area contributed by atoms with Crippen molar-refractivity contribution in [3.63, 3.8) is 0 Å². The van der Waals surface area contributed by atoms with Crippen molar-refractivity contribution in [3.05, 3.63) is 34.6 Å². The van der Waals surface area contributed by atoms with Crippen LogP contribution in [0.3, 0.4) is 0 Å². The highest BCUT2D eigenvalue weighted by molar-refractivity contribution is 9.10. The highest BCUT2D eigenvalue weighted by atomic mass is 79.9. The molecule has 0 aliphatic heterocycles. The molecule has 2 N–H and O–H groups in total. The number of aromatic nitrogens is 4. The second kappa shape index (κ2) is 4.94. The van der Waals surface area contributed by atoms with Gasteiger partial charge in [0.05, 0.1) is 5.69 Å². The van der Waals surface area contributed by atoms with Crippen molar-refractivity contribution >= 4 is 27.4 Å². The number of hydrogen-bond acceptors (Lipinski definition) is 3. The lowest BCUT2D eigenvalue weighted by Crippen LogP contribution is -2.03. The van der Waals surface area contributed by atoms with Gasteiger partial charge in [-0.05, 0) is 47.0 Å². The maximum Gasteiger partial charge on any atom is 0.139 e. The lowest BCUT2D eigenvalue weighted by molar-refractivity contribution is 0.608. The SMILES string of the molecule is CCCn1nccc1-c1nc2cc(C)c(Br)cn2c1N. The van der Waals surface area contributed by atoms with E-state index in [0.717, 1.165) is 40.0 Å². The van der Waals surface area contributed by atoms with Crippen LogP contribution in [0.15, 0.2) is 29.0 Å². The van der Waals surface area contributed by atoms with E-state index in [2.05, 4.69) is 32.9 Å². The van der Waals surface area contributed by atoms with Gasteiger partial charge in [0.15, 0.2) is 0 Å². The van der Waals surface area contributed by atoms with E-state index in [4.69, 9.17) is 5.73 Å². The number of imidazole rings is 1. The molecule has 0 amide bonds. The Hall–Kier alpha value is -1.82. The Bertz CT molecular complexity index is 771. The first-order chi connectivity index (χ1) is 9.61. The second-order valence-corrected chi connectivity index (χ2v) is 5.67. The standard InChI is InChI=1S/C14H16BrN5/c1-3-6-20-11(4-5-17-20)13-14(16)19-8-10(15)9(2)7-12(19)18-13/h4-5,7-8H,3,6,16H2,1-2H3. The average Bonchev–Trinajstić information content (AvgIpc) is 2.98. The Balaban J connectivity index is 2.21. The molecule has 0 aromatic carbocycles. The largest absolute Gasteiger partial charge is 0.383 e. The van der Waals surface area contributed by atoms with Gasteiger partial charge in [-0.2, -0.15) is 5.10 Å². The summed E-state index contributed by atoms with van der Waals surface area (Å²) in [5.74, 6) is 0.638. The van der Waals surface area contributed by atoms with Crippen LogP contribution in [0.1, 0.15) is 18.9 Å². The molecule has 0 bridgehead atoms. The molecule has 0 saturated heterocycles. The second-order valence-electron chi connectivity index (χ2n) is 4.82. The zero-order valence-corrected chi connectivity index (χ0v) is 13.1. The number of aryl methyl sites for hydroxylation is 2. The average molecular weight is 334 g/mol. The number of pyridine rings is 1. The van der Waals surface area contributed by atoms with Gasteiger partial charge in [0.25, 0.3) is 0 Å². The molecule has 3 rings (SSSR count). The minimum atomic E-state index is 0.638. The van der Waals surface area contributed by atoms with E-state index in [-0.39, 0.29) is 0 Å². The van der Waals surface area contributed by atoms with Gasteiger partial charge in [-0.3, -0.25) is 9.08 Å². The highest BCUT2D eigenvalue weighted by Gasteiger charge is 2.15. The molecule has 20 heavy (non-hydrogen) atoms. The molecular weight excluding hydrogens is 318 g/mol. The Kier molecular flexibility index (Phi) is 3.25. The third-order valence-corrected chi connectivity index (χ3v) is 4.16. The minimum Gasteiger partial charge on any atom is -0.383 e. The zero-order valence-electron chi connectivity index (χ0n) is 11.5. The van der Waals surface area contributed by atoms with Crippen LogP contribution in [0.5, 0.6) is 0 Å². The number of rotatable bonds is 3. The van der Waals surface area contributed by atoms with Gasteiger partial charge in [0, 0.05) is 23.4 Å². The summed E-state index contributed by atoms with van der Waals surface area (Å²) in [5, 5.41) is 4.33. The van der Waals surface area contributed by atoms with Crippen molar-refractivity contribution in [2.45, 2.75) is 26.8 Å². The molecule has 0 spiro atoms. The number of nitrogens with two attached hydrogens (primary N) is 1. The first-order valence-electron chi connectivity index (χ1n) is 6.57. The molecule has 104 valence electrons. The van der Waals surface area contributed by atoms with E-state index in [1.165, 1.54) is 0 Å². The summed E-state index contributed by atoms with van der Waals surface area (Å²) in [7, 11) is 0. The van der Waals surface area contributed by atoms with E-state index in [1.807, 2.05) is 34.3 Å². The number of hydrogen-bond donors (Lipinski definition) is 1. The Morgan fingerprint density at radius 2 is 2.20 bits per heavy atom. The normalized spacial score (nSPS) is 11.3. The van der Waals surface area contributed by atoms with Crippen LogP contribution in [0.4, 0.5) is 5.82 Å². The number of nitrogens with zero attached hydrogens (tertiary/aromatic N) is 4. The van der Waals surface area contributed by atoms with Gasteiger partial charge in [-0.25, -0.2) is 4.98 Å². The quantitative estimate of drug-likeness (QED) is 0.800. The van der Waals surface area contributed by atoms with Gasteiger partial charge < -0.3 is 5.73 Å². The molecule has 0 aliphatic carbocycles. The molecular formula is C14H16BrN5. The fourth-order valence-corrected chi connectivity index (χ4v) is 2.61. The summed E-state index contributed by atoms with van der Waals surface area (Å²) >= 11 is 3.53. The molecule has 6 heteroatoms. The van der Waals surface area contributed by atoms with Gasteiger partial charge in [0.2, 0.25) is 0 Å². The Labute approximate surface area is 125 Å². The molecule has 5 nitrogen and oxygen atoms in total. The molecule has 0 saturated carbocycles. The minimum absolute atomic E-state index is 0.638. The summed E-state index contributed by atoms with van der Waals surface area (Å²) < 4.78 is 4.86. The zero-order chi connectivity index (χ0) is 14.3. The summed E-state index contributed by atoms with van der Waals surface area (Å²) in [6.45, 7) is 5.02. The van der Waals surface area contributed by atoms with Crippen molar-refractivity contribution < 1.29 is 0 Å². The molecule has 3 aromatic rings. The van der Waals surface area contributed by atoms with Gasteiger partial charge >= 0.3 is 0 Å². The van der Waals surface area contributed by atoms with Crippen LogP contribution in [0, 0.1) is 6.92 Å². The highest BCUT2D eigenvalue weighted by Crippen LogP contribution is 2.28. The third kappa shape index (κ3) is 2.00. The molecule has 3 heterocycles. The summed E-state index contributed by atoms with van der Waals surface area (Å²) in [6.07, 6.45) is 4.76. The first kappa shape index (κ1) is 13.2. The lowest BCUT2D eigenvalue weighted by atomic mass is 10.3. The third-order valence-electron chi connectivity index (χ3n) is 3.33. The van der Waals surface area contributed by atoms with Crippen LogP contribution < -0.4 is 5.73 Å². The van der Waals surface area contributed by atoms with Crippen LogP contribution >= 0.6 is 15.9 Å². The molecule has 0 unspecified atom stereocenters. The molecule has 0 fully saturated rings. The predicted octanol–water partition coefficient (Wildman–Crippen LogP) is 3.26. The monoisotopic (exact) mass is 333 g/mol. The predicted molar refractivity (Wildman–Crippen MR) is 83.6 cm³/mol. The fraction of sp³-hybridized carbons (Fsp3) is 0.286.